The Labute approximate surface area is 62.3 Å². The number of rotatable bonds is 0. The van der Waals surface area contributed by atoms with Crippen molar-refractivity contribution in [3.05, 3.63) is 12.2 Å². The van der Waals surface area contributed by atoms with Crippen LogP contribution in [0.2, 0.25) is 0 Å². The fraction of sp³-hybridized carbons (Fsp3) is 0.778. The molecule has 0 saturated heterocycles. The van der Waals surface area contributed by atoms with E-state index in [-0.39, 0.29) is 0 Å². The van der Waals surface area contributed by atoms with Crippen molar-refractivity contribution < 1.29 is 0 Å². The summed E-state index contributed by atoms with van der Waals surface area (Å²) in [5.41, 5.74) is 5.97. The second kappa shape index (κ2) is 2.39. The standard InChI is InChI=1S/C9H15N/c10-9-6-7-2-1-3-8(9)5-4-7/h4-5,7-9H,1-3,6,10H2. The van der Waals surface area contributed by atoms with Crippen LogP contribution < -0.4 is 5.73 Å². The van der Waals surface area contributed by atoms with Crippen molar-refractivity contribution in [2.45, 2.75) is 31.7 Å². The highest BCUT2D eigenvalue weighted by atomic mass is 14.7. The van der Waals surface area contributed by atoms with E-state index in [0.29, 0.717) is 12.0 Å². The van der Waals surface area contributed by atoms with E-state index in [0.717, 1.165) is 5.92 Å². The molecule has 3 aliphatic carbocycles. The van der Waals surface area contributed by atoms with E-state index in [4.69, 9.17) is 5.73 Å². The zero-order chi connectivity index (χ0) is 6.97. The molecule has 0 radical (unpaired) electrons. The minimum Gasteiger partial charge on any atom is -0.327 e. The van der Waals surface area contributed by atoms with E-state index in [2.05, 4.69) is 12.2 Å². The maximum atomic E-state index is 5.97. The van der Waals surface area contributed by atoms with Gasteiger partial charge in [-0.05, 0) is 31.1 Å². The lowest BCUT2D eigenvalue weighted by Gasteiger charge is -2.23. The Morgan fingerprint density at radius 1 is 1.20 bits per heavy atom. The molecule has 1 heteroatoms. The van der Waals surface area contributed by atoms with Crippen LogP contribution in [0.1, 0.15) is 25.7 Å². The van der Waals surface area contributed by atoms with E-state index in [9.17, 15) is 0 Å². The maximum Gasteiger partial charge on any atom is 0.0107 e. The van der Waals surface area contributed by atoms with Crippen LogP contribution in [0.4, 0.5) is 0 Å². The summed E-state index contributed by atoms with van der Waals surface area (Å²) in [6.07, 6.45) is 10.0. The molecule has 0 amide bonds. The highest BCUT2D eigenvalue weighted by Gasteiger charge is 2.26. The second-order valence-corrected chi connectivity index (χ2v) is 3.64. The highest BCUT2D eigenvalue weighted by Crippen LogP contribution is 2.32. The Morgan fingerprint density at radius 3 is 2.90 bits per heavy atom. The number of fused-ring (bicyclic) bond motifs is 3. The van der Waals surface area contributed by atoms with Gasteiger partial charge in [0.25, 0.3) is 0 Å². The zero-order valence-corrected chi connectivity index (χ0v) is 6.29. The molecule has 3 unspecified atom stereocenters. The molecule has 0 aromatic carbocycles. The van der Waals surface area contributed by atoms with Gasteiger partial charge in [0.1, 0.15) is 0 Å². The lowest BCUT2D eigenvalue weighted by Crippen LogP contribution is -2.31. The largest absolute Gasteiger partial charge is 0.327 e. The Hall–Kier alpha value is -0.300. The van der Waals surface area contributed by atoms with Crippen LogP contribution in [0.3, 0.4) is 0 Å². The molecule has 56 valence electrons. The fourth-order valence-electron chi connectivity index (χ4n) is 2.19. The summed E-state index contributed by atoms with van der Waals surface area (Å²) in [5, 5.41) is 0. The minimum atomic E-state index is 0.470. The zero-order valence-electron chi connectivity index (χ0n) is 6.29. The van der Waals surface area contributed by atoms with Crippen molar-refractivity contribution >= 4 is 0 Å². The molecule has 1 fully saturated rings. The maximum absolute atomic E-state index is 5.97. The van der Waals surface area contributed by atoms with Crippen molar-refractivity contribution in [1.29, 1.82) is 0 Å². The first-order chi connectivity index (χ1) is 4.86. The molecule has 3 aliphatic rings. The lowest BCUT2D eigenvalue weighted by molar-refractivity contribution is 0.427. The van der Waals surface area contributed by atoms with Crippen molar-refractivity contribution in [2.75, 3.05) is 0 Å². The van der Waals surface area contributed by atoms with E-state index in [1.807, 2.05) is 0 Å². The van der Waals surface area contributed by atoms with Gasteiger partial charge < -0.3 is 5.73 Å². The molecule has 1 nitrogen and oxygen atoms in total. The number of hydrogen-bond donors (Lipinski definition) is 1. The molecular weight excluding hydrogens is 122 g/mol. The Kier molecular flexibility index (Phi) is 1.53. The van der Waals surface area contributed by atoms with Crippen LogP contribution >= 0.6 is 0 Å². The molecule has 3 atom stereocenters. The number of nitrogens with two attached hydrogens (primary N) is 1. The third kappa shape index (κ3) is 0.988. The molecule has 3 rings (SSSR count). The first-order valence-electron chi connectivity index (χ1n) is 4.30. The smallest absolute Gasteiger partial charge is 0.0107 e. The third-order valence-corrected chi connectivity index (χ3v) is 2.87. The topological polar surface area (TPSA) is 26.0 Å². The van der Waals surface area contributed by atoms with Crippen LogP contribution in [-0.4, -0.2) is 6.04 Å². The summed E-state index contributed by atoms with van der Waals surface area (Å²) in [5.74, 6) is 1.52. The van der Waals surface area contributed by atoms with Crippen LogP contribution in [0.25, 0.3) is 0 Å². The molecule has 1 saturated carbocycles. The van der Waals surface area contributed by atoms with Gasteiger partial charge in [-0.2, -0.15) is 0 Å². The molecular formula is C9H15N. The van der Waals surface area contributed by atoms with Crippen molar-refractivity contribution in [3.8, 4) is 0 Å². The SMILES string of the molecule is NC1CC2C=CC1CCC2. The van der Waals surface area contributed by atoms with Gasteiger partial charge in [-0.15, -0.1) is 0 Å². The number of hydrogen-bond acceptors (Lipinski definition) is 1. The van der Waals surface area contributed by atoms with Gasteiger partial charge in [0.05, 0.1) is 0 Å². The van der Waals surface area contributed by atoms with Gasteiger partial charge >= 0.3 is 0 Å². The van der Waals surface area contributed by atoms with Gasteiger partial charge in [0.2, 0.25) is 0 Å². The molecule has 2 bridgehead atoms. The van der Waals surface area contributed by atoms with Gasteiger partial charge in [0.15, 0.2) is 0 Å². The van der Waals surface area contributed by atoms with Gasteiger partial charge in [-0.25, -0.2) is 0 Å². The second-order valence-electron chi connectivity index (χ2n) is 3.64. The Balaban J connectivity index is 2.18. The van der Waals surface area contributed by atoms with Gasteiger partial charge in [-0.3, -0.25) is 0 Å². The molecule has 0 aliphatic heterocycles. The minimum absolute atomic E-state index is 0.470. The Bertz CT molecular complexity index is 151. The molecule has 10 heavy (non-hydrogen) atoms. The average molecular weight is 137 g/mol. The van der Waals surface area contributed by atoms with E-state index in [1.165, 1.54) is 25.7 Å². The summed E-state index contributed by atoms with van der Waals surface area (Å²) in [4.78, 5) is 0. The van der Waals surface area contributed by atoms with Crippen molar-refractivity contribution in [3.63, 3.8) is 0 Å². The fourth-order valence-corrected chi connectivity index (χ4v) is 2.19. The molecule has 2 N–H and O–H groups in total. The van der Waals surface area contributed by atoms with Gasteiger partial charge in [-0.1, -0.05) is 18.6 Å². The summed E-state index contributed by atoms with van der Waals surface area (Å²) in [7, 11) is 0. The van der Waals surface area contributed by atoms with Crippen LogP contribution in [0.15, 0.2) is 12.2 Å². The van der Waals surface area contributed by atoms with E-state index >= 15 is 0 Å². The molecule has 0 spiro atoms. The normalized spacial score (nSPS) is 45.5. The predicted molar refractivity (Wildman–Crippen MR) is 42.6 cm³/mol. The first-order valence-corrected chi connectivity index (χ1v) is 4.30. The average Bonchev–Trinajstić information content (AvgIpc) is 2.20. The quantitative estimate of drug-likeness (QED) is 0.505. The monoisotopic (exact) mass is 137 g/mol. The van der Waals surface area contributed by atoms with Crippen LogP contribution in [-0.2, 0) is 0 Å². The Morgan fingerprint density at radius 2 is 2.10 bits per heavy atom. The summed E-state index contributed by atoms with van der Waals surface area (Å²) >= 11 is 0. The van der Waals surface area contributed by atoms with Crippen LogP contribution in [0.5, 0.6) is 0 Å². The van der Waals surface area contributed by atoms with Crippen LogP contribution in [0, 0.1) is 11.8 Å². The molecule has 0 aromatic rings. The van der Waals surface area contributed by atoms with E-state index < -0.39 is 0 Å². The molecule has 0 heterocycles. The van der Waals surface area contributed by atoms with Crippen molar-refractivity contribution in [2.24, 2.45) is 17.6 Å². The highest BCUT2D eigenvalue weighted by molar-refractivity contribution is 5.05. The predicted octanol–water partition coefficient (Wildman–Crippen LogP) is 1.69. The first kappa shape index (κ1) is 6.41. The number of allylic oxidation sites excluding steroid dienone is 1. The van der Waals surface area contributed by atoms with Gasteiger partial charge in [0, 0.05) is 6.04 Å². The molecule has 0 aromatic heterocycles. The lowest BCUT2D eigenvalue weighted by atomic mass is 9.87. The van der Waals surface area contributed by atoms with E-state index in [1.54, 1.807) is 0 Å². The summed E-state index contributed by atoms with van der Waals surface area (Å²) in [6, 6.07) is 0.470. The third-order valence-electron chi connectivity index (χ3n) is 2.87. The van der Waals surface area contributed by atoms with Crippen molar-refractivity contribution in [1.82, 2.24) is 0 Å². The summed E-state index contributed by atoms with van der Waals surface area (Å²) < 4.78 is 0. The summed E-state index contributed by atoms with van der Waals surface area (Å²) in [6.45, 7) is 0.